The molecule has 0 saturated heterocycles. The Morgan fingerprint density at radius 2 is 1.82 bits per heavy atom. The average Bonchev–Trinajstić information content (AvgIpc) is 2.34. The minimum atomic E-state index is -0.349. The van der Waals surface area contributed by atoms with Gasteiger partial charge in [0.1, 0.15) is 0 Å². The van der Waals surface area contributed by atoms with Gasteiger partial charge in [0.15, 0.2) is 0 Å². The predicted molar refractivity (Wildman–Crippen MR) is 71.0 cm³/mol. The monoisotopic (exact) mass is 231 g/mol. The Hall–Kier alpha value is -2.03. The SMILES string of the molecule is COC(=O)C=CC=Cc1ccc(N(C)C)cc1. The third-order valence-corrected chi connectivity index (χ3v) is 2.24. The number of hydrogen-bond donors (Lipinski definition) is 0. The van der Waals surface area contributed by atoms with Crippen molar-refractivity contribution < 1.29 is 9.53 Å². The first-order chi connectivity index (χ1) is 8.13. The number of esters is 1. The third kappa shape index (κ3) is 4.55. The molecule has 0 fully saturated rings. The van der Waals surface area contributed by atoms with Crippen LogP contribution in [0.4, 0.5) is 5.69 Å². The van der Waals surface area contributed by atoms with Gasteiger partial charge in [0.25, 0.3) is 0 Å². The van der Waals surface area contributed by atoms with Crippen LogP contribution < -0.4 is 4.90 Å². The summed E-state index contributed by atoms with van der Waals surface area (Å²) in [6, 6.07) is 8.14. The van der Waals surface area contributed by atoms with Crippen LogP contribution in [0.2, 0.25) is 0 Å². The molecular weight excluding hydrogens is 214 g/mol. The van der Waals surface area contributed by atoms with Crippen molar-refractivity contribution in [2.45, 2.75) is 0 Å². The minimum absolute atomic E-state index is 0.349. The van der Waals surface area contributed by atoms with Gasteiger partial charge in [-0.15, -0.1) is 0 Å². The summed E-state index contributed by atoms with van der Waals surface area (Å²) in [6.07, 6.45) is 6.77. The molecule has 0 amide bonds. The summed E-state index contributed by atoms with van der Waals surface area (Å²) in [6.45, 7) is 0. The molecule has 17 heavy (non-hydrogen) atoms. The zero-order valence-corrected chi connectivity index (χ0v) is 10.4. The topological polar surface area (TPSA) is 29.5 Å². The Morgan fingerprint density at radius 3 is 2.35 bits per heavy atom. The van der Waals surface area contributed by atoms with E-state index < -0.39 is 0 Å². The lowest BCUT2D eigenvalue weighted by molar-refractivity contribution is -0.134. The highest BCUT2D eigenvalue weighted by atomic mass is 16.5. The molecule has 3 heteroatoms. The van der Waals surface area contributed by atoms with Gasteiger partial charge in [-0.25, -0.2) is 4.79 Å². The molecule has 0 heterocycles. The molecule has 3 nitrogen and oxygen atoms in total. The number of rotatable bonds is 4. The van der Waals surface area contributed by atoms with E-state index in [0.717, 1.165) is 11.3 Å². The van der Waals surface area contributed by atoms with Gasteiger partial charge in [-0.1, -0.05) is 30.4 Å². The molecule has 0 aromatic heterocycles. The maximum absolute atomic E-state index is 10.8. The van der Waals surface area contributed by atoms with Crippen molar-refractivity contribution >= 4 is 17.7 Å². The molecule has 0 N–H and O–H groups in total. The third-order valence-electron chi connectivity index (χ3n) is 2.24. The van der Waals surface area contributed by atoms with E-state index in [0.29, 0.717) is 0 Å². The van der Waals surface area contributed by atoms with Gasteiger partial charge in [-0.2, -0.15) is 0 Å². The number of anilines is 1. The van der Waals surface area contributed by atoms with Crippen LogP contribution >= 0.6 is 0 Å². The first-order valence-corrected chi connectivity index (χ1v) is 5.33. The van der Waals surface area contributed by atoms with Crippen LogP contribution in [0.3, 0.4) is 0 Å². The van der Waals surface area contributed by atoms with Crippen molar-refractivity contribution in [2.75, 3.05) is 26.1 Å². The molecule has 0 spiro atoms. The van der Waals surface area contributed by atoms with Gasteiger partial charge in [-0.3, -0.25) is 0 Å². The number of ether oxygens (including phenoxy) is 1. The maximum Gasteiger partial charge on any atom is 0.330 e. The predicted octanol–water partition coefficient (Wildman–Crippen LogP) is 2.50. The number of hydrogen-bond acceptors (Lipinski definition) is 3. The lowest BCUT2D eigenvalue weighted by Crippen LogP contribution is -2.07. The largest absolute Gasteiger partial charge is 0.466 e. The van der Waals surface area contributed by atoms with Crippen LogP contribution in [0, 0.1) is 0 Å². The van der Waals surface area contributed by atoms with Gasteiger partial charge in [0, 0.05) is 25.9 Å². The summed E-state index contributed by atoms with van der Waals surface area (Å²) < 4.78 is 4.48. The molecule has 0 aliphatic rings. The molecule has 0 bridgehead atoms. The van der Waals surface area contributed by atoms with Crippen molar-refractivity contribution in [1.82, 2.24) is 0 Å². The minimum Gasteiger partial charge on any atom is -0.466 e. The standard InChI is InChI=1S/C14H17NO2/c1-15(2)13-10-8-12(9-11-13)6-4-5-7-14(16)17-3/h4-11H,1-3H3. The van der Waals surface area contributed by atoms with Gasteiger partial charge in [0.05, 0.1) is 7.11 Å². The number of carbonyl (C=O) groups excluding carboxylic acids is 1. The summed E-state index contributed by atoms with van der Waals surface area (Å²) in [4.78, 5) is 12.8. The second-order valence-electron chi connectivity index (χ2n) is 3.73. The van der Waals surface area contributed by atoms with E-state index >= 15 is 0 Å². The van der Waals surface area contributed by atoms with Crippen LogP contribution in [-0.2, 0) is 9.53 Å². The van der Waals surface area contributed by atoms with E-state index in [1.165, 1.54) is 13.2 Å². The highest BCUT2D eigenvalue weighted by Crippen LogP contribution is 2.12. The Bertz CT molecular complexity index is 416. The first-order valence-electron chi connectivity index (χ1n) is 5.33. The molecule has 0 aliphatic carbocycles. The first kappa shape index (κ1) is 13.0. The summed E-state index contributed by atoms with van der Waals surface area (Å²) in [5, 5.41) is 0. The lowest BCUT2D eigenvalue weighted by atomic mass is 10.2. The van der Waals surface area contributed by atoms with Crippen molar-refractivity contribution in [3.63, 3.8) is 0 Å². The van der Waals surface area contributed by atoms with E-state index in [-0.39, 0.29) is 5.97 Å². The lowest BCUT2D eigenvalue weighted by Gasteiger charge is -2.11. The molecule has 1 aromatic rings. The summed E-state index contributed by atoms with van der Waals surface area (Å²) >= 11 is 0. The Labute approximate surface area is 102 Å². The van der Waals surface area contributed by atoms with Gasteiger partial charge in [-0.05, 0) is 17.7 Å². The van der Waals surface area contributed by atoms with Gasteiger partial charge in [0.2, 0.25) is 0 Å². The highest BCUT2D eigenvalue weighted by Gasteiger charge is 1.93. The van der Waals surface area contributed by atoms with Crippen molar-refractivity contribution in [3.05, 3.63) is 48.1 Å². The van der Waals surface area contributed by atoms with Gasteiger partial charge < -0.3 is 9.64 Å². The van der Waals surface area contributed by atoms with E-state index in [9.17, 15) is 4.79 Å². The molecule has 0 atom stereocenters. The van der Waals surface area contributed by atoms with Crippen molar-refractivity contribution in [3.8, 4) is 0 Å². The van der Waals surface area contributed by atoms with E-state index in [4.69, 9.17) is 0 Å². The molecule has 0 saturated carbocycles. The molecule has 1 rings (SSSR count). The number of allylic oxidation sites excluding steroid dienone is 2. The summed E-state index contributed by atoms with van der Waals surface area (Å²) in [7, 11) is 5.37. The second-order valence-corrected chi connectivity index (χ2v) is 3.73. The molecular formula is C14H17NO2. The second kappa shape index (κ2) is 6.53. The zero-order chi connectivity index (χ0) is 12.7. The summed E-state index contributed by atoms with van der Waals surface area (Å²) in [5.74, 6) is -0.349. The fourth-order valence-electron chi connectivity index (χ4n) is 1.25. The average molecular weight is 231 g/mol. The molecule has 0 radical (unpaired) electrons. The molecule has 0 unspecified atom stereocenters. The van der Waals surface area contributed by atoms with Crippen LogP contribution in [0.25, 0.3) is 6.08 Å². The Kier molecular flexibility index (Phi) is 5.01. The zero-order valence-electron chi connectivity index (χ0n) is 10.4. The number of benzene rings is 1. The van der Waals surface area contributed by atoms with E-state index in [1.807, 2.05) is 55.4 Å². The molecule has 0 aliphatic heterocycles. The number of methoxy groups -OCH3 is 1. The summed E-state index contributed by atoms with van der Waals surface area (Å²) in [5.41, 5.74) is 2.25. The smallest absolute Gasteiger partial charge is 0.330 e. The Balaban J connectivity index is 2.60. The van der Waals surface area contributed by atoms with Crippen molar-refractivity contribution in [2.24, 2.45) is 0 Å². The van der Waals surface area contributed by atoms with E-state index in [2.05, 4.69) is 4.74 Å². The highest BCUT2D eigenvalue weighted by molar-refractivity contribution is 5.82. The fourth-order valence-corrected chi connectivity index (χ4v) is 1.25. The quantitative estimate of drug-likeness (QED) is 0.453. The van der Waals surface area contributed by atoms with Crippen molar-refractivity contribution in [1.29, 1.82) is 0 Å². The maximum atomic E-state index is 10.8. The van der Waals surface area contributed by atoms with Crippen LogP contribution in [0.5, 0.6) is 0 Å². The van der Waals surface area contributed by atoms with Gasteiger partial charge >= 0.3 is 5.97 Å². The molecule has 1 aromatic carbocycles. The number of nitrogens with zero attached hydrogens (tertiary/aromatic N) is 1. The molecule has 90 valence electrons. The normalized spacial score (nSPS) is 11.0. The Morgan fingerprint density at radius 1 is 1.18 bits per heavy atom. The fraction of sp³-hybridized carbons (Fsp3) is 0.214. The van der Waals surface area contributed by atoms with E-state index in [1.54, 1.807) is 6.08 Å². The van der Waals surface area contributed by atoms with Crippen LogP contribution in [0.1, 0.15) is 5.56 Å². The van der Waals surface area contributed by atoms with Crippen LogP contribution in [-0.4, -0.2) is 27.2 Å². The number of carbonyl (C=O) groups is 1. The van der Waals surface area contributed by atoms with Crippen LogP contribution in [0.15, 0.2) is 42.5 Å².